The highest BCUT2D eigenvalue weighted by Gasteiger charge is 2.28. The Hall–Kier alpha value is -2.10. The summed E-state index contributed by atoms with van der Waals surface area (Å²) >= 11 is 7.16. The molecule has 2 aromatic rings. The van der Waals surface area contributed by atoms with Gasteiger partial charge in [0.2, 0.25) is 5.91 Å². The highest BCUT2D eigenvalue weighted by atomic mass is 35.5. The molecule has 0 atom stereocenters. The molecule has 0 unspecified atom stereocenters. The van der Waals surface area contributed by atoms with Crippen LogP contribution in [0.5, 0.6) is 0 Å². The Bertz CT molecular complexity index is 732. The molecule has 2 heterocycles. The van der Waals surface area contributed by atoms with Gasteiger partial charge in [0, 0.05) is 24.7 Å². The Morgan fingerprint density at radius 2 is 2.04 bits per heavy atom. The number of nitrogens with one attached hydrogen (secondary N) is 1. The van der Waals surface area contributed by atoms with E-state index < -0.39 is 0 Å². The van der Waals surface area contributed by atoms with Gasteiger partial charge in [-0.05, 0) is 36.5 Å². The molecular weight excluding hydrogens is 332 g/mol. The van der Waals surface area contributed by atoms with Gasteiger partial charge in [-0.3, -0.25) is 4.79 Å². The highest BCUT2D eigenvalue weighted by Crippen LogP contribution is 2.33. The summed E-state index contributed by atoms with van der Waals surface area (Å²) in [6.45, 7) is 1.44. The molecule has 118 valence electrons. The number of carbonyl (C=O) groups is 1. The van der Waals surface area contributed by atoms with Crippen molar-refractivity contribution in [1.82, 2.24) is 4.37 Å². The van der Waals surface area contributed by atoms with Gasteiger partial charge in [0.05, 0.1) is 0 Å². The maximum Gasteiger partial charge on any atom is 0.227 e. The van der Waals surface area contributed by atoms with Gasteiger partial charge in [0.15, 0.2) is 5.15 Å². The van der Waals surface area contributed by atoms with Crippen LogP contribution in [0.2, 0.25) is 5.15 Å². The molecule has 0 bridgehead atoms. The Labute approximate surface area is 143 Å². The molecule has 0 saturated carbocycles. The zero-order valence-electron chi connectivity index (χ0n) is 12.3. The largest absolute Gasteiger partial charge is 0.361 e. The summed E-state index contributed by atoms with van der Waals surface area (Å²) in [4.78, 5) is 14.4. The SMILES string of the molecule is N#Cc1c(Cl)nsc1N1CCC(C(=O)Nc2ccccc2)CC1. The number of halogens is 1. The van der Waals surface area contributed by atoms with Crippen LogP contribution < -0.4 is 10.2 Å². The standard InChI is InChI=1S/C16H15ClN4OS/c17-14-13(10-18)16(23-20-14)21-8-6-11(7-9-21)15(22)19-12-4-2-1-3-5-12/h1-5,11H,6-9H2,(H,19,22). The molecule has 5 nitrogen and oxygen atoms in total. The highest BCUT2D eigenvalue weighted by molar-refractivity contribution is 7.10. The van der Waals surface area contributed by atoms with E-state index >= 15 is 0 Å². The maximum atomic E-state index is 12.3. The van der Waals surface area contributed by atoms with Gasteiger partial charge in [-0.25, -0.2) is 0 Å². The van der Waals surface area contributed by atoms with E-state index in [4.69, 9.17) is 16.9 Å². The van der Waals surface area contributed by atoms with Crippen molar-refractivity contribution in [2.45, 2.75) is 12.8 Å². The predicted octanol–water partition coefficient (Wildman–Crippen LogP) is 3.52. The summed E-state index contributed by atoms with van der Waals surface area (Å²) in [5.74, 6) is 0.0408. The molecule has 1 aromatic carbocycles. The van der Waals surface area contributed by atoms with Crippen molar-refractivity contribution >= 4 is 39.7 Å². The molecule has 1 N–H and O–H groups in total. The van der Waals surface area contributed by atoms with E-state index in [0.717, 1.165) is 36.6 Å². The summed E-state index contributed by atoms with van der Waals surface area (Å²) in [6.07, 6.45) is 1.50. The first-order chi connectivity index (χ1) is 11.2. The number of carbonyl (C=O) groups excluding carboxylic acids is 1. The number of amides is 1. The van der Waals surface area contributed by atoms with Crippen LogP contribution >= 0.6 is 23.1 Å². The van der Waals surface area contributed by atoms with Crippen molar-refractivity contribution in [3.05, 3.63) is 41.0 Å². The number of benzene rings is 1. The topological polar surface area (TPSA) is 69.0 Å². The number of aromatic nitrogens is 1. The van der Waals surface area contributed by atoms with Gasteiger partial charge in [0.25, 0.3) is 0 Å². The molecule has 1 amide bonds. The molecule has 0 aliphatic carbocycles. The van der Waals surface area contributed by atoms with Crippen LogP contribution in [-0.2, 0) is 4.79 Å². The second kappa shape index (κ2) is 6.99. The molecular formula is C16H15ClN4OS. The van der Waals surface area contributed by atoms with Gasteiger partial charge < -0.3 is 10.2 Å². The first kappa shape index (κ1) is 15.8. The van der Waals surface area contributed by atoms with E-state index in [-0.39, 0.29) is 17.0 Å². The minimum Gasteiger partial charge on any atom is -0.361 e. The van der Waals surface area contributed by atoms with Gasteiger partial charge >= 0.3 is 0 Å². The van der Waals surface area contributed by atoms with Gasteiger partial charge in [-0.1, -0.05) is 29.8 Å². The number of rotatable bonds is 3. The Morgan fingerprint density at radius 1 is 1.35 bits per heavy atom. The normalized spacial score (nSPS) is 15.2. The summed E-state index contributed by atoms with van der Waals surface area (Å²) in [6, 6.07) is 11.6. The maximum absolute atomic E-state index is 12.3. The average molecular weight is 347 g/mol. The van der Waals surface area contributed by atoms with Crippen LogP contribution in [0, 0.1) is 17.2 Å². The lowest BCUT2D eigenvalue weighted by Crippen LogP contribution is -2.38. The molecule has 1 aliphatic heterocycles. The number of piperidine rings is 1. The quantitative estimate of drug-likeness (QED) is 0.923. The number of hydrogen-bond donors (Lipinski definition) is 1. The van der Waals surface area contributed by atoms with Crippen molar-refractivity contribution < 1.29 is 4.79 Å². The third-order valence-electron chi connectivity index (χ3n) is 3.94. The van der Waals surface area contributed by atoms with Crippen LogP contribution in [0.15, 0.2) is 30.3 Å². The molecule has 1 fully saturated rings. The van der Waals surface area contributed by atoms with Crippen molar-refractivity contribution in [2.75, 3.05) is 23.3 Å². The fourth-order valence-corrected chi connectivity index (χ4v) is 3.76. The number of anilines is 2. The summed E-state index contributed by atoms with van der Waals surface area (Å²) in [7, 11) is 0. The number of nitriles is 1. The van der Waals surface area contributed by atoms with Crippen LogP contribution in [0.25, 0.3) is 0 Å². The Balaban J connectivity index is 1.60. The molecule has 0 spiro atoms. The van der Waals surface area contributed by atoms with Crippen molar-refractivity contribution in [3.8, 4) is 6.07 Å². The minimum atomic E-state index is -0.0135. The first-order valence-corrected chi connectivity index (χ1v) is 8.50. The van der Waals surface area contributed by atoms with Crippen molar-refractivity contribution in [3.63, 3.8) is 0 Å². The van der Waals surface area contributed by atoms with E-state index in [0.29, 0.717) is 5.56 Å². The summed E-state index contributed by atoms with van der Waals surface area (Å²) in [5.41, 5.74) is 1.25. The average Bonchev–Trinajstić information content (AvgIpc) is 2.96. The van der Waals surface area contributed by atoms with E-state index in [1.807, 2.05) is 30.3 Å². The minimum absolute atomic E-state index is 0.0135. The van der Waals surface area contributed by atoms with E-state index in [1.54, 1.807) is 0 Å². The lowest BCUT2D eigenvalue weighted by molar-refractivity contribution is -0.120. The molecule has 23 heavy (non-hydrogen) atoms. The summed E-state index contributed by atoms with van der Waals surface area (Å²) < 4.78 is 4.04. The number of nitrogens with zero attached hydrogens (tertiary/aromatic N) is 3. The Morgan fingerprint density at radius 3 is 2.70 bits per heavy atom. The smallest absolute Gasteiger partial charge is 0.227 e. The predicted molar refractivity (Wildman–Crippen MR) is 91.8 cm³/mol. The van der Waals surface area contributed by atoms with Gasteiger partial charge in [-0.15, -0.1) is 0 Å². The zero-order valence-corrected chi connectivity index (χ0v) is 13.9. The summed E-state index contributed by atoms with van der Waals surface area (Å²) in [5, 5.41) is 13.2. The van der Waals surface area contributed by atoms with Crippen molar-refractivity contribution in [2.24, 2.45) is 5.92 Å². The van der Waals surface area contributed by atoms with Crippen molar-refractivity contribution in [1.29, 1.82) is 5.26 Å². The fraction of sp³-hybridized carbons (Fsp3) is 0.312. The first-order valence-electron chi connectivity index (χ1n) is 7.35. The lowest BCUT2D eigenvalue weighted by Gasteiger charge is -2.31. The van der Waals surface area contributed by atoms with Crippen LogP contribution in [-0.4, -0.2) is 23.4 Å². The molecule has 3 rings (SSSR count). The van der Waals surface area contributed by atoms with Crippen LogP contribution in [0.1, 0.15) is 18.4 Å². The third-order valence-corrected chi connectivity index (χ3v) is 5.22. The second-order valence-corrected chi connectivity index (χ2v) is 6.49. The second-order valence-electron chi connectivity index (χ2n) is 5.38. The fourth-order valence-electron chi connectivity index (χ4n) is 2.68. The van der Waals surface area contributed by atoms with Crippen LogP contribution in [0.3, 0.4) is 0 Å². The van der Waals surface area contributed by atoms with E-state index in [1.165, 1.54) is 11.5 Å². The lowest BCUT2D eigenvalue weighted by atomic mass is 9.96. The molecule has 1 aliphatic rings. The Kier molecular flexibility index (Phi) is 4.79. The molecule has 0 radical (unpaired) electrons. The van der Waals surface area contributed by atoms with E-state index in [2.05, 4.69) is 20.7 Å². The number of para-hydroxylation sites is 1. The zero-order chi connectivity index (χ0) is 16.2. The van der Waals surface area contributed by atoms with Crippen LogP contribution in [0.4, 0.5) is 10.7 Å². The van der Waals surface area contributed by atoms with E-state index in [9.17, 15) is 4.79 Å². The van der Waals surface area contributed by atoms with Gasteiger partial charge in [0.1, 0.15) is 16.6 Å². The number of hydrogen-bond acceptors (Lipinski definition) is 5. The monoisotopic (exact) mass is 346 g/mol. The molecule has 1 saturated heterocycles. The van der Waals surface area contributed by atoms with Gasteiger partial charge in [-0.2, -0.15) is 9.64 Å². The molecule has 7 heteroatoms. The molecule has 1 aromatic heterocycles. The third kappa shape index (κ3) is 3.46.